The van der Waals surface area contributed by atoms with E-state index in [2.05, 4.69) is 18.0 Å². The van der Waals surface area contributed by atoms with E-state index in [4.69, 9.17) is 0 Å². The van der Waals surface area contributed by atoms with Gasteiger partial charge in [-0.3, -0.25) is 0 Å². The number of hydrogen-bond acceptors (Lipinski definition) is 2. The monoisotopic (exact) mass is 329 g/mol. The molecule has 0 aromatic heterocycles. The molecule has 0 aliphatic heterocycles. The van der Waals surface area contributed by atoms with Gasteiger partial charge in [-0.1, -0.05) is 102 Å². The normalized spacial score (nSPS) is 10.5. The van der Waals surface area contributed by atoms with Gasteiger partial charge in [-0.2, -0.15) is 4.99 Å². The van der Waals surface area contributed by atoms with Crippen LogP contribution in [0.5, 0.6) is 0 Å². The SMILES string of the molecule is CCCCCCCCCCCCCCCc1ccccc1N=C=O. The molecule has 0 saturated carbocycles. The zero-order valence-electron chi connectivity index (χ0n) is 15.6. The van der Waals surface area contributed by atoms with Crippen molar-refractivity contribution in [3.63, 3.8) is 0 Å². The molecule has 134 valence electrons. The van der Waals surface area contributed by atoms with E-state index in [1.54, 1.807) is 6.08 Å². The summed E-state index contributed by atoms with van der Waals surface area (Å²) in [7, 11) is 0. The Labute approximate surface area is 148 Å². The molecule has 0 unspecified atom stereocenters. The summed E-state index contributed by atoms with van der Waals surface area (Å²) in [6, 6.07) is 7.89. The van der Waals surface area contributed by atoms with E-state index in [1.807, 2.05) is 18.2 Å². The molecule has 2 nitrogen and oxygen atoms in total. The Morgan fingerprint density at radius 3 is 1.79 bits per heavy atom. The zero-order chi connectivity index (χ0) is 17.3. The Balaban J connectivity index is 1.93. The van der Waals surface area contributed by atoms with E-state index >= 15 is 0 Å². The van der Waals surface area contributed by atoms with Crippen molar-refractivity contribution in [1.29, 1.82) is 0 Å². The number of para-hydroxylation sites is 1. The lowest BCUT2D eigenvalue weighted by molar-refractivity contribution is 0.539. The van der Waals surface area contributed by atoms with E-state index in [-0.39, 0.29) is 0 Å². The summed E-state index contributed by atoms with van der Waals surface area (Å²) < 4.78 is 0. The van der Waals surface area contributed by atoms with Crippen LogP contribution in [-0.2, 0) is 11.2 Å². The minimum atomic E-state index is 0.784. The van der Waals surface area contributed by atoms with Gasteiger partial charge in [-0.25, -0.2) is 4.79 Å². The summed E-state index contributed by atoms with van der Waals surface area (Å²) in [5, 5.41) is 0. The molecule has 0 aliphatic rings. The highest BCUT2D eigenvalue weighted by molar-refractivity contribution is 5.53. The average molecular weight is 330 g/mol. The van der Waals surface area contributed by atoms with E-state index in [0.717, 1.165) is 12.1 Å². The van der Waals surface area contributed by atoms with Crippen LogP contribution in [-0.4, -0.2) is 6.08 Å². The first-order chi connectivity index (χ1) is 11.9. The quantitative estimate of drug-likeness (QED) is 0.189. The van der Waals surface area contributed by atoms with Crippen LogP contribution >= 0.6 is 0 Å². The summed E-state index contributed by atoms with van der Waals surface area (Å²) in [5.74, 6) is 0. The molecule has 0 aliphatic carbocycles. The Morgan fingerprint density at radius 1 is 0.750 bits per heavy atom. The van der Waals surface area contributed by atoms with Crippen LogP contribution in [0.2, 0.25) is 0 Å². The van der Waals surface area contributed by atoms with Crippen molar-refractivity contribution in [2.24, 2.45) is 4.99 Å². The molecule has 0 N–H and O–H groups in total. The molecule has 1 aromatic carbocycles. The molecule has 0 atom stereocenters. The largest absolute Gasteiger partial charge is 0.240 e. The van der Waals surface area contributed by atoms with Gasteiger partial charge in [0.05, 0.1) is 5.69 Å². The lowest BCUT2D eigenvalue weighted by Gasteiger charge is -2.05. The van der Waals surface area contributed by atoms with Crippen LogP contribution in [0.25, 0.3) is 0 Å². The van der Waals surface area contributed by atoms with Crippen LogP contribution in [0.3, 0.4) is 0 Å². The van der Waals surface area contributed by atoms with Crippen molar-refractivity contribution < 1.29 is 4.79 Å². The Hall–Kier alpha value is -1.40. The van der Waals surface area contributed by atoms with Crippen molar-refractivity contribution >= 4 is 11.8 Å². The van der Waals surface area contributed by atoms with Crippen molar-refractivity contribution in [3.05, 3.63) is 29.8 Å². The minimum Gasteiger partial charge on any atom is -0.211 e. The van der Waals surface area contributed by atoms with Crippen molar-refractivity contribution in [1.82, 2.24) is 0 Å². The minimum absolute atomic E-state index is 0.784. The lowest BCUT2D eigenvalue weighted by atomic mass is 10.0. The molecule has 0 spiro atoms. The molecule has 1 aromatic rings. The van der Waals surface area contributed by atoms with Gasteiger partial charge in [0.2, 0.25) is 6.08 Å². The van der Waals surface area contributed by atoms with Gasteiger partial charge >= 0.3 is 0 Å². The fourth-order valence-corrected chi connectivity index (χ4v) is 3.21. The average Bonchev–Trinajstić information content (AvgIpc) is 2.60. The summed E-state index contributed by atoms with van der Waals surface area (Å²) >= 11 is 0. The number of aliphatic imine (C=N–C) groups is 1. The summed E-state index contributed by atoms with van der Waals surface area (Å²) in [6.07, 6.45) is 20.5. The summed E-state index contributed by atoms with van der Waals surface area (Å²) in [5.41, 5.74) is 1.95. The third-order valence-corrected chi connectivity index (χ3v) is 4.71. The smallest absolute Gasteiger partial charge is 0.211 e. The molecule has 0 heterocycles. The summed E-state index contributed by atoms with van der Waals surface area (Å²) in [4.78, 5) is 14.2. The number of unbranched alkanes of at least 4 members (excludes halogenated alkanes) is 12. The van der Waals surface area contributed by atoms with Crippen molar-refractivity contribution in [2.45, 2.75) is 96.8 Å². The third-order valence-electron chi connectivity index (χ3n) is 4.71. The highest BCUT2D eigenvalue weighted by Crippen LogP contribution is 2.21. The lowest BCUT2D eigenvalue weighted by Crippen LogP contribution is -1.87. The molecule has 24 heavy (non-hydrogen) atoms. The van der Waals surface area contributed by atoms with E-state index < -0.39 is 0 Å². The predicted molar refractivity (Wildman–Crippen MR) is 104 cm³/mol. The molecule has 1 rings (SSSR count). The van der Waals surface area contributed by atoms with Gasteiger partial charge in [-0.05, 0) is 24.5 Å². The summed E-state index contributed by atoms with van der Waals surface area (Å²) in [6.45, 7) is 2.28. The first kappa shape index (κ1) is 20.6. The Morgan fingerprint density at radius 2 is 1.25 bits per heavy atom. The Kier molecular flexibility index (Phi) is 13.0. The van der Waals surface area contributed by atoms with Crippen LogP contribution in [0.4, 0.5) is 5.69 Å². The van der Waals surface area contributed by atoms with Crippen LogP contribution in [0, 0.1) is 0 Å². The second-order valence-electron chi connectivity index (χ2n) is 6.82. The number of hydrogen-bond donors (Lipinski definition) is 0. The second-order valence-corrected chi connectivity index (χ2v) is 6.82. The molecule has 0 saturated heterocycles. The van der Waals surface area contributed by atoms with Crippen LogP contribution in [0.15, 0.2) is 29.3 Å². The maximum Gasteiger partial charge on any atom is 0.240 e. The van der Waals surface area contributed by atoms with Gasteiger partial charge in [-0.15, -0.1) is 0 Å². The zero-order valence-corrected chi connectivity index (χ0v) is 15.6. The van der Waals surface area contributed by atoms with E-state index in [1.165, 1.54) is 89.0 Å². The maximum atomic E-state index is 10.4. The standard InChI is InChI=1S/C22H35NO/c1-2-3-4-5-6-7-8-9-10-11-12-13-14-17-21-18-15-16-19-22(21)23-20-24/h15-16,18-19H,2-14,17H2,1H3. The highest BCUT2D eigenvalue weighted by atomic mass is 16.1. The van der Waals surface area contributed by atoms with Crippen molar-refractivity contribution in [3.8, 4) is 0 Å². The van der Waals surface area contributed by atoms with Gasteiger partial charge in [0.1, 0.15) is 0 Å². The van der Waals surface area contributed by atoms with Crippen LogP contribution < -0.4 is 0 Å². The highest BCUT2D eigenvalue weighted by Gasteiger charge is 2.00. The number of isocyanates is 1. The molecular formula is C22H35NO. The number of benzene rings is 1. The predicted octanol–water partition coefficient (Wildman–Crippen LogP) is 7.29. The third kappa shape index (κ3) is 10.4. The number of carbonyl (C=O) groups excluding carboxylic acids is 1. The molecule has 0 amide bonds. The number of nitrogens with zero attached hydrogens (tertiary/aromatic N) is 1. The maximum absolute atomic E-state index is 10.4. The Bertz CT molecular complexity index is 463. The van der Waals surface area contributed by atoms with E-state index in [9.17, 15) is 4.79 Å². The second kappa shape index (κ2) is 15.1. The molecule has 0 bridgehead atoms. The number of rotatable bonds is 15. The van der Waals surface area contributed by atoms with Gasteiger partial charge in [0.25, 0.3) is 0 Å². The van der Waals surface area contributed by atoms with Gasteiger partial charge in [0, 0.05) is 0 Å². The van der Waals surface area contributed by atoms with Gasteiger partial charge < -0.3 is 0 Å². The fourth-order valence-electron chi connectivity index (χ4n) is 3.21. The fraction of sp³-hybridized carbons (Fsp3) is 0.682. The first-order valence-corrected chi connectivity index (χ1v) is 10.0. The molecule has 0 radical (unpaired) electrons. The molecule has 2 heteroatoms. The number of aryl methyl sites for hydroxylation is 1. The van der Waals surface area contributed by atoms with Gasteiger partial charge in [0.15, 0.2) is 0 Å². The van der Waals surface area contributed by atoms with Crippen molar-refractivity contribution in [2.75, 3.05) is 0 Å². The van der Waals surface area contributed by atoms with Crippen LogP contribution in [0.1, 0.15) is 96.0 Å². The topological polar surface area (TPSA) is 29.4 Å². The first-order valence-electron chi connectivity index (χ1n) is 10.0. The van der Waals surface area contributed by atoms with E-state index in [0.29, 0.717) is 0 Å². The molecular weight excluding hydrogens is 294 g/mol. The molecule has 0 fully saturated rings.